The van der Waals surface area contributed by atoms with E-state index in [0.29, 0.717) is 12.4 Å². The zero-order chi connectivity index (χ0) is 26.7. The van der Waals surface area contributed by atoms with E-state index in [1.54, 1.807) is 7.11 Å². The van der Waals surface area contributed by atoms with Gasteiger partial charge in [-0.25, -0.2) is 13.6 Å². The topological polar surface area (TPSA) is 62.8 Å². The summed E-state index contributed by atoms with van der Waals surface area (Å²) in [5.41, 5.74) is 2.47. The van der Waals surface area contributed by atoms with Gasteiger partial charge in [-0.3, -0.25) is 0 Å². The number of amides is 2. The summed E-state index contributed by atoms with van der Waals surface area (Å²) in [7, 11) is 3.78. The van der Waals surface area contributed by atoms with Gasteiger partial charge in [0.25, 0.3) is 0 Å². The van der Waals surface area contributed by atoms with Crippen molar-refractivity contribution in [2.24, 2.45) is 0 Å². The zero-order valence-corrected chi connectivity index (χ0v) is 21.7. The molecule has 1 saturated heterocycles. The molecular weight excluding hydrogens is 488 g/mol. The van der Waals surface area contributed by atoms with Gasteiger partial charge >= 0.3 is 6.03 Å². The molecule has 3 aromatic carbocycles. The third-order valence-electron chi connectivity index (χ3n) is 8.02. The molecule has 5 rings (SSSR count). The maximum atomic E-state index is 13.5. The van der Waals surface area contributed by atoms with Gasteiger partial charge in [0, 0.05) is 29.3 Å². The fourth-order valence-electron chi connectivity index (χ4n) is 6.01. The number of hydrogen-bond acceptors (Lipinski definition) is 4. The van der Waals surface area contributed by atoms with E-state index < -0.39 is 17.7 Å². The maximum Gasteiger partial charge on any atom is 0.319 e. The summed E-state index contributed by atoms with van der Waals surface area (Å²) in [6.07, 6.45) is 3.52. The Kier molecular flexibility index (Phi) is 7.51. The minimum atomic E-state index is -0.996. The third kappa shape index (κ3) is 5.31. The molecule has 2 fully saturated rings. The van der Waals surface area contributed by atoms with Gasteiger partial charge in [-0.2, -0.15) is 0 Å². The van der Waals surface area contributed by atoms with Gasteiger partial charge in [0.1, 0.15) is 6.61 Å². The Morgan fingerprint density at radius 3 is 2.61 bits per heavy atom. The first-order chi connectivity index (χ1) is 18.4. The highest BCUT2D eigenvalue weighted by atomic mass is 19.2. The molecule has 0 aromatic heterocycles. The van der Waals surface area contributed by atoms with Gasteiger partial charge in [-0.15, -0.1) is 0 Å². The van der Waals surface area contributed by atoms with E-state index >= 15 is 0 Å². The summed E-state index contributed by atoms with van der Waals surface area (Å²) in [4.78, 5) is 15.0. The van der Waals surface area contributed by atoms with E-state index in [0.717, 1.165) is 55.7 Å². The first kappa shape index (κ1) is 26.0. The summed E-state index contributed by atoms with van der Waals surface area (Å²) in [6.45, 7) is 1.42. The lowest BCUT2D eigenvalue weighted by molar-refractivity contribution is 0.155. The molecule has 1 heterocycles. The van der Waals surface area contributed by atoms with Gasteiger partial charge < -0.3 is 25.0 Å². The average Bonchev–Trinajstić information content (AvgIpc) is 3.26. The van der Waals surface area contributed by atoms with Crippen LogP contribution in [-0.4, -0.2) is 43.7 Å². The normalized spacial score (nSPS) is 22.9. The Hall–Kier alpha value is -3.65. The molecule has 0 bridgehead atoms. The molecule has 2 aliphatic rings. The second-order valence-corrected chi connectivity index (χ2v) is 10.2. The van der Waals surface area contributed by atoms with Crippen molar-refractivity contribution >= 4 is 11.7 Å². The van der Waals surface area contributed by atoms with Crippen LogP contribution in [0.5, 0.6) is 11.5 Å². The van der Waals surface area contributed by atoms with Crippen LogP contribution in [-0.2, 0) is 12.0 Å². The van der Waals surface area contributed by atoms with Gasteiger partial charge in [-0.05, 0) is 74.7 Å². The molecule has 6 nitrogen and oxygen atoms in total. The standard InChI is InChI=1S/C30H33F2N3O3/c1-35-15-14-30(21-8-11-26(37-2)27(16-21)38-19-20-6-4-3-5-7-20)13-12-23(18-28(30)35)34-29(36)33-22-9-10-24(31)25(32)17-22/h3-11,16-17,23,28H,12-15,18-19H2,1-2H3,(H2,33,34,36)/t23-,28-,30-/m0/s1. The molecule has 0 unspecified atom stereocenters. The SMILES string of the molecule is COc1ccc([C@@]23CC[C@H](NC(=O)Nc4ccc(F)c(F)c4)C[C@@H]2N(C)CC3)cc1OCc1ccccc1. The third-order valence-corrected chi connectivity index (χ3v) is 8.02. The van der Waals surface area contributed by atoms with E-state index in [2.05, 4.69) is 34.7 Å². The van der Waals surface area contributed by atoms with Gasteiger partial charge in [0.05, 0.1) is 7.11 Å². The number of nitrogens with one attached hydrogen (secondary N) is 2. The molecule has 1 aliphatic carbocycles. The molecule has 0 radical (unpaired) electrons. The molecule has 38 heavy (non-hydrogen) atoms. The Balaban J connectivity index is 1.30. The van der Waals surface area contributed by atoms with Crippen molar-refractivity contribution in [3.05, 3.63) is 89.5 Å². The Labute approximate surface area is 221 Å². The van der Waals surface area contributed by atoms with Crippen LogP contribution in [0.15, 0.2) is 66.7 Å². The number of ether oxygens (including phenoxy) is 2. The first-order valence-corrected chi connectivity index (χ1v) is 13.0. The van der Waals surface area contributed by atoms with E-state index in [-0.39, 0.29) is 23.2 Å². The minimum absolute atomic E-state index is 0.0361. The van der Waals surface area contributed by atoms with Crippen LogP contribution < -0.4 is 20.1 Å². The summed E-state index contributed by atoms with van der Waals surface area (Å²) < 4.78 is 38.5. The second-order valence-electron chi connectivity index (χ2n) is 10.2. The molecule has 2 amide bonds. The first-order valence-electron chi connectivity index (χ1n) is 13.0. The lowest BCUT2D eigenvalue weighted by Crippen LogP contribution is -2.52. The highest BCUT2D eigenvalue weighted by Crippen LogP contribution is 2.50. The molecule has 3 atom stereocenters. The minimum Gasteiger partial charge on any atom is -0.493 e. The number of carbonyl (C=O) groups is 1. The van der Waals surface area contributed by atoms with Gasteiger partial charge in [0.2, 0.25) is 0 Å². The predicted octanol–water partition coefficient (Wildman–Crippen LogP) is 5.87. The fraction of sp³-hybridized carbons (Fsp3) is 0.367. The monoisotopic (exact) mass is 521 g/mol. The molecule has 200 valence electrons. The predicted molar refractivity (Wildman–Crippen MR) is 143 cm³/mol. The summed E-state index contributed by atoms with van der Waals surface area (Å²) in [6, 6.07) is 19.4. The van der Waals surface area contributed by atoms with Crippen molar-refractivity contribution in [1.82, 2.24) is 10.2 Å². The number of anilines is 1. The number of rotatable bonds is 7. The van der Waals surface area contributed by atoms with Crippen LogP contribution in [0.2, 0.25) is 0 Å². The van der Waals surface area contributed by atoms with Crippen molar-refractivity contribution in [2.75, 3.05) is 26.0 Å². The number of halogens is 2. The van der Waals surface area contributed by atoms with E-state index in [1.165, 1.54) is 11.6 Å². The van der Waals surface area contributed by atoms with Crippen LogP contribution in [0.1, 0.15) is 36.8 Å². The second kappa shape index (κ2) is 11.0. The van der Waals surface area contributed by atoms with E-state index in [1.807, 2.05) is 36.4 Å². The molecule has 0 spiro atoms. The Morgan fingerprint density at radius 2 is 1.84 bits per heavy atom. The molecular formula is C30H33F2N3O3. The van der Waals surface area contributed by atoms with Crippen LogP contribution in [0.25, 0.3) is 0 Å². The van der Waals surface area contributed by atoms with Crippen molar-refractivity contribution in [3.8, 4) is 11.5 Å². The summed E-state index contributed by atoms with van der Waals surface area (Å²) in [5, 5.41) is 5.65. The number of hydrogen-bond donors (Lipinski definition) is 2. The summed E-state index contributed by atoms with van der Waals surface area (Å²) in [5.74, 6) is -0.517. The van der Waals surface area contributed by atoms with E-state index in [4.69, 9.17) is 9.47 Å². The molecule has 1 saturated carbocycles. The fourth-order valence-corrected chi connectivity index (χ4v) is 6.01. The number of nitrogens with zero attached hydrogens (tertiary/aromatic N) is 1. The molecule has 2 N–H and O–H groups in total. The Bertz CT molecular complexity index is 1290. The number of likely N-dealkylation sites (N-methyl/N-ethyl adjacent to an activating group) is 1. The van der Waals surface area contributed by atoms with Crippen molar-refractivity contribution in [1.29, 1.82) is 0 Å². The van der Waals surface area contributed by atoms with Crippen LogP contribution in [0.3, 0.4) is 0 Å². The summed E-state index contributed by atoms with van der Waals surface area (Å²) >= 11 is 0. The number of urea groups is 1. The number of benzene rings is 3. The molecule has 8 heteroatoms. The van der Waals surface area contributed by atoms with Crippen LogP contribution >= 0.6 is 0 Å². The largest absolute Gasteiger partial charge is 0.493 e. The van der Waals surface area contributed by atoms with Crippen molar-refractivity contribution < 1.29 is 23.0 Å². The smallest absolute Gasteiger partial charge is 0.319 e. The molecule has 3 aromatic rings. The lowest BCUT2D eigenvalue weighted by atomic mass is 9.65. The molecule has 1 aliphatic heterocycles. The average molecular weight is 522 g/mol. The highest BCUT2D eigenvalue weighted by Gasteiger charge is 2.50. The quantitative estimate of drug-likeness (QED) is 0.408. The van der Waals surface area contributed by atoms with Crippen molar-refractivity contribution in [3.63, 3.8) is 0 Å². The number of likely N-dealkylation sites (tertiary alicyclic amines) is 1. The van der Waals surface area contributed by atoms with Crippen molar-refractivity contribution in [2.45, 2.75) is 49.8 Å². The van der Waals surface area contributed by atoms with Crippen LogP contribution in [0, 0.1) is 11.6 Å². The van der Waals surface area contributed by atoms with Gasteiger partial charge in [-0.1, -0.05) is 36.4 Å². The number of carbonyl (C=O) groups excluding carboxylic acids is 1. The zero-order valence-electron chi connectivity index (χ0n) is 21.7. The number of fused-ring (bicyclic) bond motifs is 1. The lowest BCUT2D eigenvalue weighted by Gasteiger charge is -2.45. The van der Waals surface area contributed by atoms with Crippen LogP contribution in [0.4, 0.5) is 19.3 Å². The van der Waals surface area contributed by atoms with Gasteiger partial charge in [0.15, 0.2) is 23.1 Å². The van der Waals surface area contributed by atoms with E-state index in [9.17, 15) is 13.6 Å². The number of methoxy groups -OCH3 is 1. The maximum absolute atomic E-state index is 13.5. The highest BCUT2D eigenvalue weighted by molar-refractivity contribution is 5.89. The Morgan fingerprint density at radius 1 is 1.03 bits per heavy atom.